The Labute approximate surface area is 133 Å². The predicted molar refractivity (Wildman–Crippen MR) is 80.5 cm³/mol. The molecule has 23 heavy (non-hydrogen) atoms. The van der Waals surface area contributed by atoms with Crippen LogP contribution in [0.15, 0.2) is 18.2 Å². The summed E-state index contributed by atoms with van der Waals surface area (Å²) in [5, 5.41) is 18.0. The third-order valence-electron chi connectivity index (χ3n) is 4.37. The number of rotatable bonds is 3. The van der Waals surface area contributed by atoms with E-state index in [0.717, 1.165) is 25.3 Å². The molecule has 6 heteroatoms. The Bertz CT molecular complexity index is 640. The van der Waals surface area contributed by atoms with Crippen molar-refractivity contribution in [2.45, 2.75) is 44.8 Å². The molecule has 0 radical (unpaired) electrons. The number of halogens is 3. The van der Waals surface area contributed by atoms with Crippen LogP contribution in [0.1, 0.15) is 43.7 Å². The molecule has 1 saturated carbocycles. The quantitative estimate of drug-likeness (QED) is 0.824. The molecule has 2 rings (SSSR count). The van der Waals surface area contributed by atoms with Crippen LogP contribution in [0, 0.1) is 28.6 Å². The van der Waals surface area contributed by atoms with Gasteiger partial charge in [-0.25, -0.2) is 0 Å². The number of anilines is 1. The number of nitrogens with zero attached hydrogens (tertiary/aromatic N) is 3. The molecule has 3 nitrogen and oxygen atoms in total. The molecule has 0 amide bonds. The summed E-state index contributed by atoms with van der Waals surface area (Å²) in [6.45, 7) is 2.45. The first-order valence-corrected chi connectivity index (χ1v) is 7.68. The van der Waals surface area contributed by atoms with Crippen molar-refractivity contribution in [3.05, 3.63) is 29.3 Å². The van der Waals surface area contributed by atoms with E-state index in [9.17, 15) is 13.2 Å². The van der Waals surface area contributed by atoms with Gasteiger partial charge >= 0.3 is 6.18 Å². The molecule has 0 saturated heterocycles. The minimum atomic E-state index is -4.55. The number of nitriles is 2. The Morgan fingerprint density at radius 2 is 2.00 bits per heavy atom. The van der Waals surface area contributed by atoms with Crippen LogP contribution in [-0.4, -0.2) is 12.6 Å². The summed E-state index contributed by atoms with van der Waals surface area (Å²) in [6.07, 6.45) is -1.26. The summed E-state index contributed by atoms with van der Waals surface area (Å²) in [5.74, 6) is -0.0386. The number of hydrogen-bond donors (Lipinski definition) is 0. The first kappa shape index (κ1) is 17.1. The van der Waals surface area contributed by atoms with Gasteiger partial charge in [0.1, 0.15) is 0 Å². The average molecular weight is 321 g/mol. The van der Waals surface area contributed by atoms with Crippen molar-refractivity contribution in [2.75, 3.05) is 11.4 Å². The van der Waals surface area contributed by atoms with Crippen LogP contribution in [0.25, 0.3) is 0 Å². The summed E-state index contributed by atoms with van der Waals surface area (Å²) in [7, 11) is 0. The molecule has 0 N–H and O–H groups in total. The highest BCUT2D eigenvalue weighted by Crippen LogP contribution is 2.36. The predicted octanol–water partition coefficient (Wildman–Crippen LogP) is 4.49. The van der Waals surface area contributed by atoms with Gasteiger partial charge in [-0.15, -0.1) is 0 Å². The van der Waals surface area contributed by atoms with E-state index >= 15 is 0 Å². The van der Waals surface area contributed by atoms with Crippen molar-refractivity contribution < 1.29 is 13.2 Å². The third-order valence-corrected chi connectivity index (χ3v) is 4.37. The third kappa shape index (κ3) is 3.76. The van der Waals surface area contributed by atoms with Gasteiger partial charge in [0.25, 0.3) is 0 Å². The lowest BCUT2D eigenvalue weighted by atomic mass is 9.85. The lowest BCUT2D eigenvalue weighted by molar-refractivity contribution is -0.137. The zero-order valence-corrected chi connectivity index (χ0v) is 12.9. The van der Waals surface area contributed by atoms with E-state index in [1.807, 2.05) is 11.8 Å². The molecular weight excluding hydrogens is 303 g/mol. The Balaban J connectivity index is 2.35. The Hall–Kier alpha value is -2.21. The van der Waals surface area contributed by atoms with Crippen LogP contribution in [0.4, 0.5) is 18.9 Å². The topological polar surface area (TPSA) is 50.8 Å². The van der Waals surface area contributed by atoms with Crippen molar-refractivity contribution in [3.8, 4) is 12.1 Å². The smallest absolute Gasteiger partial charge is 0.369 e. The van der Waals surface area contributed by atoms with Gasteiger partial charge in [0, 0.05) is 24.2 Å². The monoisotopic (exact) mass is 321 g/mol. The molecule has 0 aromatic heterocycles. The van der Waals surface area contributed by atoms with Gasteiger partial charge in [-0.05, 0) is 44.4 Å². The van der Waals surface area contributed by atoms with Crippen LogP contribution in [-0.2, 0) is 6.18 Å². The molecule has 0 heterocycles. The van der Waals surface area contributed by atoms with Gasteiger partial charge < -0.3 is 4.90 Å². The second-order valence-electron chi connectivity index (χ2n) is 5.77. The lowest BCUT2D eigenvalue weighted by Crippen LogP contribution is -2.38. The van der Waals surface area contributed by atoms with E-state index in [0.29, 0.717) is 18.7 Å². The summed E-state index contributed by atoms with van der Waals surface area (Å²) in [6, 6.07) is 7.78. The number of alkyl halides is 3. The molecule has 1 aromatic rings. The standard InChI is InChI=1S/C17H18F3N3/c1-2-23(14-5-3-4-12(8-14)10-21)15-7-6-13(11-22)16(9-15)17(18,19)20/h6-7,9,12,14H,2-5,8H2,1H3. The highest BCUT2D eigenvalue weighted by molar-refractivity contribution is 5.55. The van der Waals surface area contributed by atoms with Crippen LogP contribution in [0.2, 0.25) is 0 Å². The Morgan fingerprint density at radius 3 is 2.57 bits per heavy atom. The van der Waals surface area contributed by atoms with E-state index in [2.05, 4.69) is 6.07 Å². The van der Waals surface area contributed by atoms with Crippen molar-refractivity contribution in [2.24, 2.45) is 5.92 Å². The maximum atomic E-state index is 13.1. The molecule has 1 aromatic carbocycles. The molecular formula is C17H18F3N3. The van der Waals surface area contributed by atoms with Gasteiger partial charge in [-0.2, -0.15) is 23.7 Å². The van der Waals surface area contributed by atoms with E-state index in [1.165, 1.54) is 6.07 Å². The fraction of sp³-hybridized carbons (Fsp3) is 0.529. The fourth-order valence-corrected chi connectivity index (χ4v) is 3.26. The number of hydrogen-bond acceptors (Lipinski definition) is 3. The first-order chi connectivity index (χ1) is 10.9. The minimum absolute atomic E-state index is 0.0386. The van der Waals surface area contributed by atoms with Gasteiger partial charge in [0.05, 0.1) is 23.3 Å². The molecule has 122 valence electrons. The van der Waals surface area contributed by atoms with Gasteiger partial charge in [-0.3, -0.25) is 0 Å². The van der Waals surface area contributed by atoms with Crippen LogP contribution >= 0.6 is 0 Å². The van der Waals surface area contributed by atoms with E-state index in [1.54, 1.807) is 12.1 Å². The zero-order chi connectivity index (χ0) is 17.0. The summed E-state index contributed by atoms with van der Waals surface area (Å²) in [5.41, 5.74) is -0.804. The van der Waals surface area contributed by atoms with Crippen LogP contribution in [0.5, 0.6) is 0 Å². The molecule has 1 fully saturated rings. The molecule has 0 bridgehead atoms. The Kier molecular flexibility index (Phi) is 5.15. The SMILES string of the molecule is CCN(c1ccc(C#N)c(C(F)(F)F)c1)C1CCCC(C#N)C1. The highest BCUT2D eigenvalue weighted by atomic mass is 19.4. The van der Waals surface area contributed by atoms with E-state index in [-0.39, 0.29) is 17.5 Å². The molecule has 1 aliphatic rings. The normalized spacial score (nSPS) is 21.3. The molecule has 2 atom stereocenters. The summed E-state index contributed by atoms with van der Waals surface area (Å²) in [4.78, 5) is 1.92. The van der Waals surface area contributed by atoms with Crippen molar-refractivity contribution in [1.82, 2.24) is 0 Å². The van der Waals surface area contributed by atoms with Crippen molar-refractivity contribution >= 4 is 5.69 Å². The first-order valence-electron chi connectivity index (χ1n) is 7.68. The van der Waals surface area contributed by atoms with Gasteiger partial charge in [0.15, 0.2) is 0 Å². The second-order valence-corrected chi connectivity index (χ2v) is 5.77. The van der Waals surface area contributed by atoms with Crippen LogP contribution < -0.4 is 4.90 Å². The van der Waals surface area contributed by atoms with Gasteiger partial charge in [0.2, 0.25) is 0 Å². The maximum absolute atomic E-state index is 13.1. The second kappa shape index (κ2) is 6.91. The van der Waals surface area contributed by atoms with Crippen molar-refractivity contribution in [1.29, 1.82) is 10.5 Å². The molecule has 0 spiro atoms. The maximum Gasteiger partial charge on any atom is 0.417 e. The highest BCUT2D eigenvalue weighted by Gasteiger charge is 2.35. The zero-order valence-electron chi connectivity index (χ0n) is 12.9. The van der Waals surface area contributed by atoms with E-state index < -0.39 is 11.7 Å². The fourth-order valence-electron chi connectivity index (χ4n) is 3.26. The summed E-state index contributed by atoms with van der Waals surface area (Å²) >= 11 is 0. The van der Waals surface area contributed by atoms with Crippen molar-refractivity contribution in [3.63, 3.8) is 0 Å². The largest absolute Gasteiger partial charge is 0.417 e. The lowest BCUT2D eigenvalue weighted by Gasteiger charge is -2.37. The summed E-state index contributed by atoms with van der Waals surface area (Å²) < 4.78 is 39.4. The molecule has 2 unspecified atom stereocenters. The number of benzene rings is 1. The Morgan fingerprint density at radius 1 is 1.26 bits per heavy atom. The molecule has 1 aliphatic carbocycles. The van der Waals surface area contributed by atoms with Crippen LogP contribution in [0.3, 0.4) is 0 Å². The average Bonchev–Trinajstić information content (AvgIpc) is 2.55. The molecule has 0 aliphatic heterocycles. The van der Waals surface area contributed by atoms with Gasteiger partial charge in [-0.1, -0.05) is 6.42 Å². The van der Waals surface area contributed by atoms with E-state index in [4.69, 9.17) is 10.5 Å². The minimum Gasteiger partial charge on any atom is -0.369 e.